The predicted octanol–water partition coefficient (Wildman–Crippen LogP) is 2.62. The molecule has 0 aliphatic rings. The summed E-state index contributed by atoms with van der Waals surface area (Å²) < 4.78 is 28.0. The SMILES string of the molecule is CCOC(=O)C(NC(=O)c1cccnc1Cl)P(=O)(OCC)OCC. The number of halogens is 1. The van der Waals surface area contributed by atoms with Gasteiger partial charge in [0.2, 0.25) is 5.78 Å². The van der Waals surface area contributed by atoms with Crippen molar-refractivity contribution in [2.24, 2.45) is 0 Å². The molecule has 0 radical (unpaired) electrons. The summed E-state index contributed by atoms with van der Waals surface area (Å²) in [6.07, 6.45) is 1.41. The number of aromatic nitrogens is 1. The lowest BCUT2D eigenvalue weighted by Gasteiger charge is -2.25. The Morgan fingerprint density at radius 3 is 2.38 bits per heavy atom. The predicted molar refractivity (Wildman–Crippen MR) is 88.0 cm³/mol. The van der Waals surface area contributed by atoms with E-state index in [0.29, 0.717) is 0 Å². The summed E-state index contributed by atoms with van der Waals surface area (Å²) in [6, 6.07) is 2.92. The van der Waals surface area contributed by atoms with E-state index in [1.807, 2.05) is 0 Å². The van der Waals surface area contributed by atoms with E-state index in [2.05, 4.69) is 10.3 Å². The Morgan fingerprint density at radius 1 is 1.25 bits per heavy atom. The Morgan fingerprint density at radius 2 is 1.88 bits per heavy atom. The summed E-state index contributed by atoms with van der Waals surface area (Å²) >= 11 is 5.86. The molecule has 1 aromatic heterocycles. The van der Waals surface area contributed by atoms with Gasteiger partial charge < -0.3 is 19.1 Å². The van der Waals surface area contributed by atoms with E-state index in [-0.39, 0.29) is 30.5 Å². The van der Waals surface area contributed by atoms with E-state index >= 15 is 0 Å². The Labute approximate surface area is 145 Å². The van der Waals surface area contributed by atoms with Crippen LogP contribution in [0, 0.1) is 0 Å². The van der Waals surface area contributed by atoms with Gasteiger partial charge in [0.05, 0.1) is 25.4 Å². The molecule has 0 aromatic carbocycles. The third-order valence-corrected chi connectivity index (χ3v) is 5.23. The van der Waals surface area contributed by atoms with Crippen molar-refractivity contribution in [2.75, 3.05) is 19.8 Å². The highest BCUT2D eigenvalue weighted by Gasteiger charge is 2.43. The molecule has 0 aliphatic heterocycles. The summed E-state index contributed by atoms with van der Waals surface area (Å²) in [5.74, 6) is -3.27. The van der Waals surface area contributed by atoms with Gasteiger partial charge in [0, 0.05) is 6.20 Å². The first-order valence-corrected chi connectivity index (χ1v) is 9.35. The first-order valence-electron chi connectivity index (χ1n) is 7.36. The standard InChI is InChI=1S/C14H20ClN2O6P/c1-4-21-14(19)13(24(20,22-5-2)23-6-3)17-12(18)10-8-7-9-16-11(10)15/h7-9,13H,4-6H2,1-3H3,(H,17,18). The molecule has 1 unspecified atom stereocenters. The van der Waals surface area contributed by atoms with Crippen LogP contribution in [0.3, 0.4) is 0 Å². The molecule has 0 aliphatic carbocycles. The third kappa shape index (κ3) is 5.27. The number of ether oxygens (including phenoxy) is 1. The smallest absolute Gasteiger partial charge is 0.364 e. The zero-order chi connectivity index (χ0) is 18.2. The average molecular weight is 379 g/mol. The van der Waals surface area contributed by atoms with Crippen LogP contribution in [0.5, 0.6) is 0 Å². The largest absolute Gasteiger partial charge is 0.464 e. The van der Waals surface area contributed by atoms with Gasteiger partial charge in [-0.2, -0.15) is 0 Å². The molecule has 0 fully saturated rings. The Kier molecular flexibility index (Phi) is 8.35. The van der Waals surface area contributed by atoms with Gasteiger partial charge in [-0.3, -0.25) is 9.36 Å². The summed E-state index contributed by atoms with van der Waals surface area (Å²) in [7, 11) is -3.97. The van der Waals surface area contributed by atoms with Crippen molar-refractivity contribution < 1.29 is 27.9 Å². The van der Waals surface area contributed by atoms with E-state index in [1.54, 1.807) is 20.8 Å². The van der Waals surface area contributed by atoms with Crippen molar-refractivity contribution in [3.05, 3.63) is 29.0 Å². The number of hydrogen-bond acceptors (Lipinski definition) is 7. The Bertz CT molecular complexity index is 617. The molecule has 1 aromatic rings. The molecule has 1 N–H and O–H groups in total. The van der Waals surface area contributed by atoms with Crippen LogP contribution in [0.4, 0.5) is 0 Å². The molecule has 24 heavy (non-hydrogen) atoms. The average Bonchev–Trinajstić information content (AvgIpc) is 2.53. The summed E-state index contributed by atoms with van der Waals surface area (Å²) in [5.41, 5.74) is 0.0213. The van der Waals surface area contributed by atoms with Crippen LogP contribution in [0.2, 0.25) is 5.15 Å². The van der Waals surface area contributed by atoms with Crippen LogP contribution in [-0.4, -0.2) is 42.5 Å². The number of rotatable bonds is 9. The van der Waals surface area contributed by atoms with Crippen molar-refractivity contribution in [3.63, 3.8) is 0 Å². The fourth-order valence-corrected chi connectivity index (χ4v) is 3.70. The lowest BCUT2D eigenvalue weighted by Crippen LogP contribution is -2.42. The molecular weight excluding hydrogens is 359 g/mol. The van der Waals surface area contributed by atoms with Crippen molar-refractivity contribution in [1.82, 2.24) is 10.3 Å². The van der Waals surface area contributed by atoms with Gasteiger partial charge in [0.1, 0.15) is 5.15 Å². The van der Waals surface area contributed by atoms with Gasteiger partial charge in [0.15, 0.2) is 0 Å². The lowest BCUT2D eigenvalue weighted by atomic mass is 10.2. The quantitative estimate of drug-likeness (QED) is 0.400. The van der Waals surface area contributed by atoms with Crippen LogP contribution in [0.15, 0.2) is 18.3 Å². The Balaban J connectivity index is 3.14. The van der Waals surface area contributed by atoms with Crippen molar-refractivity contribution in [3.8, 4) is 0 Å². The molecule has 0 bridgehead atoms. The van der Waals surface area contributed by atoms with Gasteiger partial charge in [-0.25, -0.2) is 9.78 Å². The number of hydrogen-bond donors (Lipinski definition) is 1. The molecule has 1 atom stereocenters. The fraction of sp³-hybridized carbons (Fsp3) is 0.500. The number of nitrogens with zero attached hydrogens (tertiary/aromatic N) is 1. The van der Waals surface area contributed by atoms with Gasteiger partial charge in [-0.15, -0.1) is 0 Å². The highest BCUT2D eigenvalue weighted by Crippen LogP contribution is 2.52. The molecule has 1 heterocycles. The lowest BCUT2D eigenvalue weighted by molar-refractivity contribution is -0.143. The monoisotopic (exact) mass is 378 g/mol. The number of amides is 1. The Hall–Kier alpha value is -1.47. The second kappa shape index (κ2) is 9.74. The molecule has 0 spiro atoms. The number of esters is 1. The molecule has 134 valence electrons. The number of nitrogens with one attached hydrogen (secondary N) is 1. The number of carbonyl (C=O) groups is 2. The zero-order valence-corrected chi connectivity index (χ0v) is 15.3. The molecule has 0 saturated carbocycles. The third-order valence-electron chi connectivity index (χ3n) is 2.72. The van der Waals surface area contributed by atoms with E-state index in [1.165, 1.54) is 18.3 Å². The molecule has 0 saturated heterocycles. The topological polar surface area (TPSA) is 104 Å². The maximum atomic E-state index is 12.9. The maximum absolute atomic E-state index is 12.9. The van der Waals surface area contributed by atoms with Crippen LogP contribution < -0.4 is 5.32 Å². The number of pyridine rings is 1. The van der Waals surface area contributed by atoms with Gasteiger partial charge in [-0.05, 0) is 32.9 Å². The second-order valence-electron chi connectivity index (χ2n) is 4.35. The van der Waals surface area contributed by atoms with Crippen molar-refractivity contribution in [2.45, 2.75) is 26.6 Å². The van der Waals surface area contributed by atoms with Gasteiger partial charge >= 0.3 is 13.6 Å². The minimum Gasteiger partial charge on any atom is -0.464 e. The fourth-order valence-electron chi connectivity index (χ4n) is 1.79. The van der Waals surface area contributed by atoms with E-state index in [0.717, 1.165) is 0 Å². The highest BCUT2D eigenvalue weighted by atomic mass is 35.5. The van der Waals surface area contributed by atoms with E-state index in [9.17, 15) is 14.2 Å². The normalized spacial score (nSPS) is 12.5. The van der Waals surface area contributed by atoms with Crippen LogP contribution in [0.1, 0.15) is 31.1 Å². The molecule has 1 amide bonds. The summed E-state index contributed by atoms with van der Waals surface area (Å²) in [5, 5.41) is 2.26. The number of carbonyl (C=O) groups excluding carboxylic acids is 2. The minimum atomic E-state index is -3.97. The zero-order valence-electron chi connectivity index (χ0n) is 13.7. The maximum Gasteiger partial charge on any atom is 0.364 e. The van der Waals surface area contributed by atoms with Crippen LogP contribution in [-0.2, 0) is 23.1 Å². The highest BCUT2D eigenvalue weighted by molar-refractivity contribution is 7.55. The molecule has 8 nitrogen and oxygen atoms in total. The second-order valence-corrected chi connectivity index (χ2v) is 6.82. The van der Waals surface area contributed by atoms with Crippen molar-refractivity contribution >= 4 is 31.1 Å². The van der Waals surface area contributed by atoms with Crippen LogP contribution in [0.25, 0.3) is 0 Å². The molecule has 1 rings (SSSR count). The first-order chi connectivity index (χ1) is 11.4. The first kappa shape index (κ1) is 20.6. The van der Waals surface area contributed by atoms with Gasteiger partial charge in [0.25, 0.3) is 5.91 Å². The van der Waals surface area contributed by atoms with E-state index in [4.69, 9.17) is 25.4 Å². The minimum absolute atomic E-state index is 0.0213. The summed E-state index contributed by atoms with van der Waals surface area (Å²) in [6.45, 7) is 4.85. The molecule has 10 heteroatoms. The van der Waals surface area contributed by atoms with Crippen LogP contribution >= 0.6 is 19.2 Å². The van der Waals surface area contributed by atoms with E-state index < -0.39 is 25.3 Å². The van der Waals surface area contributed by atoms with Crippen molar-refractivity contribution in [1.29, 1.82) is 0 Å². The summed E-state index contributed by atoms with van der Waals surface area (Å²) in [4.78, 5) is 28.3. The van der Waals surface area contributed by atoms with Gasteiger partial charge in [-0.1, -0.05) is 11.6 Å². The molecular formula is C14H20ClN2O6P.